The third-order valence-corrected chi connectivity index (χ3v) is 4.71. The minimum absolute atomic E-state index is 0.230. The molecule has 1 saturated heterocycles. The topological polar surface area (TPSA) is 72.2 Å². The fourth-order valence-electron chi connectivity index (χ4n) is 3.15. The lowest BCUT2D eigenvalue weighted by Crippen LogP contribution is -2.45. The first-order valence-electron chi connectivity index (χ1n) is 8.67. The van der Waals surface area contributed by atoms with Crippen LogP contribution in [0.15, 0.2) is 29.1 Å². The van der Waals surface area contributed by atoms with E-state index in [4.69, 9.17) is 0 Å². The Morgan fingerprint density at radius 1 is 1.21 bits per heavy atom. The monoisotopic (exact) mass is 401 g/mol. The van der Waals surface area contributed by atoms with E-state index in [2.05, 4.69) is 10.4 Å². The first kappa shape index (κ1) is 19.9. The van der Waals surface area contributed by atoms with Gasteiger partial charge >= 0.3 is 17.9 Å². The number of nitrogens with zero attached hydrogens (tertiary/aromatic N) is 4. The van der Waals surface area contributed by atoms with Crippen LogP contribution in [0.25, 0.3) is 0 Å². The summed E-state index contributed by atoms with van der Waals surface area (Å²) in [4.78, 5) is 25.8. The molecule has 28 heavy (non-hydrogen) atoms. The predicted molar refractivity (Wildman–Crippen MR) is 90.9 cm³/mol. The first-order chi connectivity index (χ1) is 13.2. The molecule has 0 radical (unpaired) electrons. The summed E-state index contributed by atoms with van der Waals surface area (Å²) in [6, 6.07) is 4.89. The van der Waals surface area contributed by atoms with Crippen LogP contribution in [-0.4, -0.2) is 38.4 Å². The van der Waals surface area contributed by atoms with Crippen LogP contribution in [0.5, 0.6) is 0 Å². The van der Waals surface area contributed by atoms with Crippen molar-refractivity contribution in [1.29, 1.82) is 0 Å². The van der Waals surface area contributed by atoms with Crippen LogP contribution in [-0.2, 0) is 19.8 Å². The number of hydrogen-bond acceptors (Lipinski definition) is 3. The fraction of sp³-hybridized carbons (Fsp3) is 0.471. The van der Waals surface area contributed by atoms with Gasteiger partial charge in [0, 0.05) is 26.7 Å². The SMILES string of the molecule is Cn1c(C(F)(F)F)nn(C2CCN(C(=O)NCc3ccc(F)cc3)CC2)c1=O. The van der Waals surface area contributed by atoms with Crippen molar-refractivity contribution in [3.8, 4) is 0 Å². The van der Waals surface area contributed by atoms with Crippen molar-refractivity contribution in [3.63, 3.8) is 0 Å². The molecule has 0 atom stereocenters. The zero-order valence-corrected chi connectivity index (χ0v) is 15.0. The summed E-state index contributed by atoms with van der Waals surface area (Å²) >= 11 is 0. The van der Waals surface area contributed by atoms with Gasteiger partial charge in [0.25, 0.3) is 0 Å². The van der Waals surface area contributed by atoms with Gasteiger partial charge in [-0.3, -0.25) is 4.57 Å². The Kier molecular flexibility index (Phi) is 5.43. The quantitative estimate of drug-likeness (QED) is 0.803. The van der Waals surface area contributed by atoms with Crippen molar-refractivity contribution < 1.29 is 22.4 Å². The number of likely N-dealkylation sites (tertiary alicyclic amines) is 1. The highest BCUT2D eigenvalue weighted by molar-refractivity contribution is 5.74. The molecule has 0 saturated carbocycles. The van der Waals surface area contributed by atoms with E-state index >= 15 is 0 Å². The lowest BCUT2D eigenvalue weighted by molar-refractivity contribution is -0.147. The van der Waals surface area contributed by atoms with Gasteiger partial charge in [-0.15, -0.1) is 5.10 Å². The Morgan fingerprint density at radius 2 is 1.82 bits per heavy atom. The number of amides is 2. The van der Waals surface area contributed by atoms with Crippen molar-refractivity contribution >= 4 is 6.03 Å². The number of carbonyl (C=O) groups is 1. The van der Waals surface area contributed by atoms with Crippen LogP contribution in [0, 0.1) is 5.82 Å². The highest BCUT2D eigenvalue weighted by Gasteiger charge is 2.39. The maximum atomic E-state index is 12.9. The normalized spacial score (nSPS) is 15.7. The van der Waals surface area contributed by atoms with Crippen LogP contribution in [0.2, 0.25) is 0 Å². The number of alkyl halides is 3. The Labute approximate surface area is 157 Å². The van der Waals surface area contributed by atoms with E-state index in [9.17, 15) is 27.2 Å². The molecule has 1 aromatic heterocycles. The van der Waals surface area contributed by atoms with Crippen molar-refractivity contribution in [1.82, 2.24) is 24.6 Å². The van der Waals surface area contributed by atoms with Gasteiger partial charge < -0.3 is 10.2 Å². The molecular formula is C17H19F4N5O2. The minimum Gasteiger partial charge on any atom is -0.334 e. The summed E-state index contributed by atoms with van der Waals surface area (Å²) in [7, 11) is 1.03. The minimum atomic E-state index is -4.71. The molecule has 1 aromatic carbocycles. The highest BCUT2D eigenvalue weighted by Crippen LogP contribution is 2.28. The number of aromatic nitrogens is 3. The second-order valence-corrected chi connectivity index (χ2v) is 6.61. The van der Waals surface area contributed by atoms with Crippen LogP contribution >= 0.6 is 0 Å². The van der Waals surface area contributed by atoms with E-state index < -0.39 is 23.7 Å². The number of urea groups is 1. The molecule has 2 heterocycles. The van der Waals surface area contributed by atoms with E-state index in [0.717, 1.165) is 17.3 Å². The van der Waals surface area contributed by atoms with Crippen LogP contribution in [0.4, 0.5) is 22.4 Å². The van der Waals surface area contributed by atoms with Crippen LogP contribution in [0.1, 0.15) is 30.3 Å². The van der Waals surface area contributed by atoms with Crippen molar-refractivity contribution in [3.05, 3.63) is 52.0 Å². The molecule has 1 aliphatic rings. The summed E-state index contributed by atoms with van der Waals surface area (Å²) in [5.41, 5.74) is -0.0871. The zero-order chi connectivity index (χ0) is 20.5. The molecule has 0 aliphatic carbocycles. The average molecular weight is 401 g/mol. The van der Waals surface area contributed by atoms with E-state index in [-0.39, 0.29) is 31.5 Å². The Balaban J connectivity index is 1.58. The van der Waals surface area contributed by atoms with Gasteiger partial charge in [0.15, 0.2) is 0 Å². The second kappa shape index (κ2) is 7.64. The summed E-state index contributed by atoms with van der Waals surface area (Å²) in [5.74, 6) is -1.60. The molecule has 1 N–H and O–H groups in total. The zero-order valence-electron chi connectivity index (χ0n) is 15.0. The lowest BCUT2D eigenvalue weighted by Gasteiger charge is -2.31. The van der Waals surface area contributed by atoms with E-state index in [0.29, 0.717) is 17.4 Å². The van der Waals surface area contributed by atoms with Gasteiger partial charge in [-0.2, -0.15) is 13.2 Å². The van der Waals surface area contributed by atoms with Gasteiger partial charge in [0.1, 0.15) is 5.82 Å². The number of halogens is 4. The number of hydrogen-bond donors (Lipinski definition) is 1. The van der Waals surface area contributed by atoms with Crippen molar-refractivity contribution in [2.75, 3.05) is 13.1 Å². The molecule has 0 unspecified atom stereocenters. The molecule has 2 aromatic rings. The highest BCUT2D eigenvalue weighted by atomic mass is 19.4. The van der Waals surface area contributed by atoms with Crippen molar-refractivity contribution in [2.24, 2.45) is 7.05 Å². The molecule has 1 fully saturated rings. The number of carbonyl (C=O) groups excluding carboxylic acids is 1. The summed E-state index contributed by atoms with van der Waals surface area (Å²) in [6.45, 7) is 0.794. The maximum Gasteiger partial charge on any atom is 0.451 e. The molecule has 7 nitrogen and oxygen atoms in total. The fourth-order valence-corrected chi connectivity index (χ4v) is 3.15. The number of nitrogens with one attached hydrogen (secondary N) is 1. The van der Waals surface area contributed by atoms with Crippen LogP contribution < -0.4 is 11.0 Å². The van der Waals surface area contributed by atoms with E-state index in [1.807, 2.05) is 0 Å². The predicted octanol–water partition coefficient (Wildman–Crippen LogP) is 2.29. The number of rotatable bonds is 3. The summed E-state index contributed by atoms with van der Waals surface area (Å²) in [5, 5.41) is 6.16. The molecule has 0 bridgehead atoms. The largest absolute Gasteiger partial charge is 0.451 e. The molecule has 152 valence electrons. The van der Waals surface area contributed by atoms with Crippen molar-refractivity contribution in [2.45, 2.75) is 31.6 Å². The van der Waals surface area contributed by atoms with Crippen LogP contribution in [0.3, 0.4) is 0 Å². The third-order valence-electron chi connectivity index (χ3n) is 4.71. The number of piperidine rings is 1. The average Bonchev–Trinajstić information content (AvgIpc) is 2.96. The molecule has 11 heteroatoms. The van der Waals surface area contributed by atoms with Gasteiger partial charge in [-0.05, 0) is 30.5 Å². The third kappa shape index (κ3) is 4.18. The molecule has 2 amide bonds. The molecule has 0 spiro atoms. The van der Waals surface area contributed by atoms with Gasteiger partial charge in [-0.1, -0.05) is 12.1 Å². The summed E-state index contributed by atoms with van der Waals surface area (Å²) < 4.78 is 52.9. The smallest absolute Gasteiger partial charge is 0.334 e. The Morgan fingerprint density at radius 3 is 2.36 bits per heavy atom. The van der Waals surface area contributed by atoms with Gasteiger partial charge in [0.2, 0.25) is 5.82 Å². The second-order valence-electron chi connectivity index (χ2n) is 6.61. The Hall–Kier alpha value is -2.85. The Bertz CT molecular complexity index is 896. The summed E-state index contributed by atoms with van der Waals surface area (Å²) in [6.07, 6.45) is -4.07. The molecule has 1 aliphatic heterocycles. The standard InChI is InChI=1S/C17H19F4N5O2/c1-24-14(17(19,20)21)23-26(16(24)28)13-6-8-25(9-7-13)15(27)22-10-11-2-4-12(18)5-3-11/h2-5,13H,6-10H2,1H3,(H,22,27). The van der Waals surface area contributed by atoms with E-state index in [1.54, 1.807) is 12.1 Å². The first-order valence-corrected chi connectivity index (χ1v) is 8.67. The van der Waals surface area contributed by atoms with E-state index in [1.165, 1.54) is 17.0 Å². The molecular weight excluding hydrogens is 382 g/mol. The van der Waals surface area contributed by atoms with Gasteiger partial charge in [-0.25, -0.2) is 18.7 Å². The maximum absolute atomic E-state index is 12.9. The van der Waals surface area contributed by atoms with Gasteiger partial charge in [0.05, 0.1) is 6.04 Å². The molecule has 3 rings (SSSR count). The lowest BCUT2D eigenvalue weighted by atomic mass is 10.1. The number of benzene rings is 1.